The molecule has 98 valence electrons. The maximum absolute atomic E-state index is 11.4. The second-order valence-corrected chi connectivity index (χ2v) is 3.93. The van der Waals surface area contributed by atoms with Crippen LogP contribution in [0.2, 0.25) is 0 Å². The van der Waals surface area contributed by atoms with Gasteiger partial charge in [0.1, 0.15) is 10.7 Å². The lowest BCUT2D eigenvalue weighted by Gasteiger charge is -2.10. The Hall–Kier alpha value is -1.66. The Morgan fingerprint density at radius 3 is 2.83 bits per heavy atom. The molecule has 0 atom stereocenters. The first-order valence-corrected chi connectivity index (χ1v) is 5.83. The second-order valence-electron chi connectivity index (χ2n) is 3.49. The van der Waals surface area contributed by atoms with E-state index in [-0.39, 0.29) is 17.5 Å². The Balaban J connectivity index is 2.48. The van der Waals surface area contributed by atoms with E-state index >= 15 is 0 Å². The molecule has 1 rings (SSSR count). The number of hydrogen-bond donors (Lipinski definition) is 2. The quantitative estimate of drug-likeness (QED) is 0.555. The summed E-state index contributed by atoms with van der Waals surface area (Å²) in [4.78, 5) is 11.7. The molecule has 0 radical (unpaired) electrons. The van der Waals surface area contributed by atoms with Crippen LogP contribution in [0.1, 0.15) is 5.56 Å². The molecule has 1 aromatic rings. The average Bonchev–Trinajstić information content (AvgIpc) is 2.37. The van der Waals surface area contributed by atoms with Crippen molar-refractivity contribution >= 4 is 23.1 Å². The summed E-state index contributed by atoms with van der Waals surface area (Å²) in [5.74, 6) is 0.289. The summed E-state index contributed by atoms with van der Waals surface area (Å²) in [7, 11) is 1.57. The van der Waals surface area contributed by atoms with Gasteiger partial charge in [-0.1, -0.05) is 24.4 Å². The van der Waals surface area contributed by atoms with E-state index in [1.807, 2.05) is 0 Å². The molecule has 0 aliphatic heterocycles. The van der Waals surface area contributed by atoms with Crippen LogP contribution >= 0.6 is 12.2 Å². The van der Waals surface area contributed by atoms with Crippen molar-refractivity contribution in [3.05, 3.63) is 29.8 Å². The fraction of sp³-hybridized carbons (Fsp3) is 0.333. The maximum atomic E-state index is 11.4. The van der Waals surface area contributed by atoms with Crippen molar-refractivity contribution in [1.82, 2.24) is 5.32 Å². The fourth-order valence-corrected chi connectivity index (χ4v) is 1.45. The van der Waals surface area contributed by atoms with Gasteiger partial charge in [0.05, 0.1) is 12.2 Å². The van der Waals surface area contributed by atoms with E-state index in [1.165, 1.54) is 0 Å². The van der Waals surface area contributed by atoms with Gasteiger partial charge < -0.3 is 20.5 Å². The van der Waals surface area contributed by atoms with Crippen LogP contribution in [0.15, 0.2) is 24.3 Å². The van der Waals surface area contributed by atoms with Crippen LogP contribution in [-0.2, 0) is 9.53 Å². The largest absolute Gasteiger partial charge is 0.483 e. The smallest absolute Gasteiger partial charge is 0.258 e. The average molecular weight is 268 g/mol. The van der Waals surface area contributed by atoms with E-state index in [2.05, 4.69) is 5.32 Å². The van der Waals surface area contributed by atoms with E-state index in [1.54, 1.807) is 31.4 Å². The third-order valence-electron chi connectivity index (χ3n) is 2.14. The Morgan fingerprint density at radius 2 is 2.17 bits per heavy atom. The molecule has 6 heteroatoms. The van der Waals surface area contributed by atoms with Crippen molar-refractivity contribution in [2.24, 2.45) is 5.73 Å². The number of amides is 1. The van der Waals surface area contributed by atoms with Crippen LogP contribution in [0, 0.1) is 0 Å². The summed E-state index contributed by atoms with van der Waals surface area (Å²) in [6.07, 6.45) is 0. The highest BCUT2D eigenvalue weighted by molar-refractivity contribution is 7.80. The third kappa shape index (κ3) is 4.68. The number of nitrogens with one attached hydrogen (secondary N) is 1. The summed E-state index contributed by atoms with van der Waals surface area (Å²) >= 11 is 4.90. The first kappa shape index (κ1) is 14.4. The SMILES string of the molecule is COCCNC(=O)COc1ccccc1C(N)=S. The zero-order valence-electron chi connectivity index (χ0n) is 10.1. The van der Waals surface area contributed by atoms with Gasteiger partial charge in [0.15, 0.2) is 6.61 Å². The number of ether oxygens (including phenoxy) is 2. The third-order valence-corrected chi connectivity index (χ3v) is 2.36. The van der Waals surface area contributed by atoms with E-state index in [0.717, 1.165) is 0 Å². The highest BCUT2D eigenvalue weighted by Crippen LogP contribution is 2.17. The van der Waals surface area contributed by atoms with E-state index in [4.69, 9.17) is 27.4 Å². The number of methoxy groups -OCH3 is 1. The van der Waals surface area contributed by atoms with Crippen LogP contribution < -0.4 is 15.8 Å². The van der Waals surface area contributed by atoms with Crippen molar-refractivity contribution in [2.75, 3.05) is 26.9 Å². The lowest BCUT2D eigenvalue weighted by molar-refractivity contribution is -0.123. The Bertz CT molecular complexity index is 424. The fourth-order valence-electron chi connectivity index (χ4n) is 1.28. The molecule has 0 saturated heterocycles. The minimum absolute atomic E-state index is 0.0800. The Labute approximate surface area is 111 Å². The van der Waals surface area contributed by atoms with Crippen molar-refractivity contribution in [2.45, 2.75) is 0 Å². The van der Waals surface area contributed by atoms with E-state index < -0.39 is 0 Å². The molecule has 1 amide bonds. The number of thiocarbonyl (C=S) groups is 1. The predicted octanol–water partition coefficient (Wildman–Crippen LogP) is 0.462. The first-order valence-electron chi connectivity index (χ1n) is 5.42. The molecule has 1 aromatic carbocycles. The van der Waals surface area contributed by atoms with Crippen LogP contribution in [0.4, 0.5) is 0 Å². The summed E-state index contributed by atoms with van der Waals surface area (Å²) in [5, 5.41) is 2.65. The van der Waals surface area contributed by atoms with Crippen LogP contribution in [0.5, 0.6) is 5.75 Å². The highest BCUT2D eigenvalue weighted by atomic mass is 32.1. The van der Waals surface area contributed by atoms with Gasteiger partial charge in [-0.3, -0.25) is 4.79 Å². The van der Waals surface area contributed by atoms with Crippen molar-refractivity contribution < 1.29 is 14.3 Å². The van der Waals surface area contributed by atoms with Crippen LogP contribution in [0.25, 0.3) is 0 Å². The van der Waals surface area contributed by atoms with Gasteiger partial charge in [-0.25, -0.2) is 0 Å². The molecule has 0 unspecified atom stereocenters. The van der Waals surface area contributed by atoms with Gasteiger partial charge in [-0.05, 0) is 12.1 Å². The van der Waals surface area contributed by atoms with Gasteiger partial charge in [-0.15, -0.1) is 0 Å². The van der Waals surface area contributed by atoms with E-state index in [0.29, 0.717) is 24.5 Å². The van der Waals surface area contributed by atoms with Crippen molar-refractivity contribution in [3.8, 4) is 5.75 Å². The van der Waals surface area contributed by atoms with Crippen LogP contribution in [-0.4, -0.2) is 37.8 Å². The molecule has 0 fully saturated rings. The van der Waals surface area contributed by atoms with Gasteiger partial charge in [0, 0.05) is 13.7 Å². The summed E-state index contributed by atoms with van der Waals surface area (Å²) < 4.78 is 10.2. The molecule has 5 nitrogen and oxygen atoms in total. The van der Waals surface area contributed by atoms with Gasteiger partial charge in [0.25, 0.3) is 5.91 Å². The number of nitrogens with two attached hydrogens (primary N) is 1. The number of para-hydroxylation sites is 1. The number of carbonyl (C=O) groups excluding carboxylic acids is 1. The molecule has 0 bridgehead atoms. The number of rotatable bonds is 7. The Kier molecular flexibility index (Phi) is 6.10. The molecule has 0 heterocycles. The monoisotopic (exact) mass is 268 g/mol. The lowest BCUT2D eigenvalue weighted by Crippen LogP contribution is -2.31. The molecule has 3 N–H and O–H groups in total. The molecule has 0 saturated carbocycles. The molecule has 0 spiro atoms. The number of carbonyl (C=O) groups is 1. The first-order chi connectivity index (χ1) is 8.65. The van der Waals surface area contributed by atoms with Crippen molar-refractivity contribution in [3.63, 3.8) is 0 Å². The second kappa shape index (κ2) is 7.62. The molecular formula is C12H16N2O3S. The zero-order valence-corrected chi connectivity index (χ0v) is 11.0. The summed E-state index contributed by atoms with van der Waals surface area (Å²) in [6, 6.07) is 7.07. The van der Waals surface area contributed by atoms with Gasteiger partial charge in [-0.2, -0.15) is 0 Å². The highest BCUT2D eigenvalue weighted by Gasteiger charge is 2.07. The number of hydrogen-bond acceptors (Lipinski definition) is 4. The predicted molar refractivity (Wildman–Crippen MR) is 72.7 cm³/mol. The topological polar surface area (TPSA) is 73.6 Å². The van der Waals surface area contributed by atoms with E-state index in [9.17, 15) is 4.79 Å². The normalized spacial score (nSPS) is 9.83. The standard InChI is InChI=1S/C12H16N2O3S/c1-16-7-6-14-11(15)8-17-10-5-3-2-4-9(10)12(13)18/h2-5H,6-8H2,1H3,(H2,13,18)(H,14,15). The van der Waals surface area contributed by atoms with Gasteiger partial charge in [0.2, 0.25) is 0 Å². The minimum Gasteiger partial charge on any atom is -0.483 e. The maximum Gasteiger partial charge on any atom is 0.258 e. The van der Waals surface area contributed by atoms with Gasteiger partial charge >= 0.3 is 0 Å². The summed E-state index contributed by atoms with van der Waals surface area (Å²) in [5.41, 5.74) is 6.18. The molecule has 18 heavy (non-hydrogen) atoms. The lowest BCUT2D eigenvalue weighted by atomic mass is 10.2. The molecule has 0 aliphatic carbocycles. The molecule has 0 aromatic heterocycles. The Morgan fingerprint density at radius 1 is 1.44 bits per heavy atom. The molecule has 0 aliphatic rings. The number of benzene rings is 1. The summed E-state index contributed by atoms with van der Waals surface area (Å²) in [6.45, 7) is 0.841. The zero-order chi connectivity index (χ0) is 13.4. The van der Waals surface area contributed by atoms with Crippen LogP contribution in [0.3, 0.4) is 0 Å². The van der Waals surface area contributed by atoms with Crippen molar-refractivity contribution in [1.29, 1.82) is 0 Å². The molecular weight excluding hydrogens is 252 g/mol. The minimum atomic E-state index is -0.218.